The lowest BCUT2D eigenvalue weighted by Gasteiger charge is -2.08. The molecule has 0 spiro atoms. The predicted octanol–water partition coefficient (Wildman–Crippen LogP) is 4.78. The van der Waals surface area contributed by atoms with Crippen molar-refractivity contribution in [1.82, 2.24) is 0 Å². The maximum atomic E-state index is 11.7. The molecule has 0 aliphatic heterocycles. The van der Waals surface area contributed by atoms with E-state index in [0.29, 0.717) is 16.4 Å². The molecule has 0 aliphatic rings. The van der Waals surface area contributed by atoms with Gasteiger partial charge in [-0.2, -0.15) is 0 Å². The number of rotatable bonds is 6. The van der Waals surface area contributed by atoms with Gasteiger partial charge in [0.1, 0.15) is 10.6 Å². The summed E-state index contributed by atoms with van der Waals surface area (Å²) < 4.78 is 16.7. The highest BCUT2D eigenvalue weighted by atomic mass is 32.2. The lowest BCUT2D eigenvalue weighted by Crippen LogP contribution is -1.94. The summed E-state index contributed by atoms with van der Waals surface area (Å²) in [5.74, 6) is 0.911. The van der Waals surface area contributed by atoms with Gasteiger partial charge in [0.15, 0.2) is 11.5 Å². The Kier molecular flexibility index (Phi) is 5.06. The fourth-order valence-electron chi connectivity index (χ4n) is 2.43. The van der Waals surface area contributed by atoms with Crippen molar-refractivity contribution in [3.63, 3.8) is 0 Å². The molecule has 0 unspecified atom stereocenters. The zero-order valence-corrected chi connectivity index (χ0v) is 15.5. The van der Waals surface area contributed by atoms with Crippen LogP contribution in [0.3, 0.4) is 0 Å². The zero-order chi connectivity index (χ0) is 18.0. The molecule has 25 heavy (non-hydrogen) atoms. The Hall–Kier alpha value is -2.38. The number of hydrogen-bond acceptors (Lipinski definition) is 6. The van der Waals surface area contributed by atoms with Crippen LogP contribution in [-0.2, 0) is 0 Å². The minimum absolute atomic E-state index is 0.290. The highest BCUT2D eigenvalue weighted by Crippen LogP contribution is 2.45. The normalized spacial score (nSPS) is 10.7. The summed E-state index contributed by atoms with van der Waals surface area (Å²) in [6, 6.07) is 11.1. The van der Waals surface area contributed by atoms with E-state index in [1.54, 1.807) is 27.4 Å². The van der Waals surface area contributed by atoms with Crippen molar-refractivity contribution in [3.8, 4) is 17.2 Å². The van der Waals surface area contributed by atoms with E-state index >= 15 is 0 Å². The molecule has 0 aliphatic carbocycles. The van der Waals surface area contributed by atoms with Crippen molar-refractivity contribution < 1.29 is 24.1 Å². The summed E-state index contributed by atoms with van der Waals surface area (Å²) in [5, 5.41) is 10.4. The number of benzene rings is 2. The summed E-state index contributed by atoms with van der Waals surface area (Å²) in [6.07, 6.45) is 0. The van der Waals surface area contributed by atoms with Crippen LogP contribution in [0.15, 0.2) is 46.2 Å². The number of hydrogen-bond donors (Lipinski definition) is 1. The Morgan fingerprint density at radius 3 is 2.40 bits per heavy atom. The number of carbonyl (C=O) groups is 1. The number of ether oxygens (including phenoxy) is 3. The van der Waals surface area contributed by atoms with E-state index in [-0.39, 0.29) is 4.88 Å². The van der Waals surface area contributed by atoms with Gasteiger partial charge in [-0.15, -0.1) is 11.3 Å². The number of methoxy groups -OCH3 is 3. The predicted molar refractivity (Wildman–Crippen MR) is 99.0 cm³/mol. The molecule has 2 aromatic carbocycles. The zero-order valence-electron chi connectivity index (χ0n) is 13.9. The van der Waals surface area contributed by atoms with E-state index in [1.165, 1.54) is 23.1 Å². The van der Waals surface area contributed by atoms with Crippen LogP contribution < -0.4 is 14.2 Å². The van der Waals surface area contributed by atoms with Gasteiger partial charge in [0.25, 0.3) is 0 Å². The monoisotopic (exact) mass is 376 g/mol. The molecule has 3 rings (SSSR count). The first-order valence-electron chi connectivity index (χ1n) is 7.31. The van der Waals surface area contributed by atoms with Crippen molar-refractivity contribution in [2.24, 2.45) is 0 Å². The summed E-state index contributed by atoms with van der Waals surface area (Å²) >= 11 is 2.62. The van der Waals surface area contributed by atoms with Gasteiger partial charge in [0.05, 0.1) is 21.3 Å². The summed E-state index contributed by atoms with van der Waals surface area (Å²) in [4.78, 5) is 13.6. The summed E-state index contributed by atoms with van der Waals surface area (Å²) in [6.45, 7) is 0. The molecule has 1 N–H and O–H groups in total. The van der Waals surface area contributed by atoms with Crippen molar-refractivity contribution in [3.05, 3.63) is 41.3 Å². The van der Waals surface area contributed by atoms with Crippen molar-refractivity contribution in [1.29, 1.82) is 0 Å². The van der Waals surface area contributed by atoms with Crippen LogP contribution in [0.5, 0.6) is 17.2 Å². The van der Waals surface area contributed by atoms with E-state index in [0.717, 1.165) is 20.7 Å². The molecular weight excluding hydrogens is 360 g/mol. The molecule has 5 nitrogen and oxygen atoms in total. The lowest BCUT2D eigenvalue weighted by molar-refractivity contribution is 0.0699. The average molecular weight is 376 g/mol. The third kappa shape index (κ3) is 3.38. The molecule has 0 saturated carbocycles. The minimum atomic E-state index is -0.954. The van der Waals surface area contributed by atoms with Crippen molar-refractivity contribution >= 4 is 39.2 Å². The van der Waals surface area contributed by atoms with Crippen LogP contribution in [0, 0.1) is 0 Å². The van der Waals surface area contributed by atoms with E-state index in [4.69, 9.17) is 14.2 Å². The molecule has 3 aromatic rings. The van der Waals surface area contributed by atoms with Crippen LogP contribution >= 0.6 is 23.1 Å². The number of carboxylic acid groups (broad SMARTS) is 1. The van der Waals surface area contributed by atoms with Gasteiger partial charge in [-0.25, -0.2) is 4.79 Å². The van der Waals surface area contributed by atoms with Gasteiger partial charge in [-0.3, -0.25) is 0 Å². The van der Waals surface area contributed by atoms with Gasteiger partial charge >= 0.3 is 5.97 Å². The summed E-state index contributed by atoms with van der Waals surface area (Å²) in [5.41, 5.74) is 0. The largest absolute Gasteiger partial charge is 0.497 e. The molecule has 7 heteroatoms. The molecule has 0 saturated heterocycles. The van der Waals surface area contributed by atoms with Gasteiger partial charge in [-0.05, 0) is 24.3 Å². The Bertz CT molecular complexity index is 933. The van der Waals surface area contributed by atoms with Crippen LogP contribution in [-0.4, -0.2) is 32.4 Å². The molecule has 1 heterocycles. The first-order chi connectivity index (χ1) is 12.1. The number of thiophene rings is 1. The van der Waals surface area contributed by atoms with Gasteiger partial charge in [0, 0.05) is 25.9 Å². The quantitative estimate of drug-likeness (QED) is 0.668. The molecule has 0 amide bonds. The Balaban J connectivity index is 2.16. The maximum absolute atomic E-state index is 11.7. The Morgan fingerprint density at radius 2 is 1.76 bits per heavy atom. The van der Waals surface area contributed by atoms with Gasteiger partial charge in [-0.1, -0.05) is 17.8 Å². The van der Waals surface area contributed by atoms with E-state index in [9.17, 15) is 9.90 Å². The smallest absolute Gasteiger partial charge is 0.347 e. The van der Waals surface area contributed by atoms with E-state index in [1.807, 2.05) is 30.3 Å². The fourth-order valence-corrected chi connectivity index (χ4v) is 4.70. The first kappa shape index (κ1) is 17.4. The second-order valence-electron chi connectivity index (χ2n) is 5.05. The molecular formula is C18H16O5S2. The Morgan fingerprint density at radius 1 is 1.04 bits per heavy atom. The molecule has 0 bridgehead atoms. The van der Waals surface area contributed by atoms with E-state index in [2.05, 4.69) is 0 Å². The molecule has 0 fully saturated rings. The molecule has 0 atom stereocenters. The second kappa shape index (κ2) is 7.25. The topological polar surface area (TPSA) is 65.0 Å². The Labute approximate surface area is 153 Å². The van der Waals surface area contributed by atoms with Crippen LogP contribution in [0.25, 0.3) is 10.1 Å². The number of carboxylic acids is 1. The fraction of sp³-hybridized carbons (Fsp3) is 0.167. The second-order valence-corrected chi connectivity index (χ2v) is 7.19. The van der Waals surface area contributed by atoms with Crippen LogP contribution in [0.2, 0.25) is 0 Å². The van der Waals surface area contributed by atoms with Gasteiger partial charge < -0.3 is 19.3 Å². The average Bonchev–Trinajstić information content (AvgIpc) is 2.98. The molecule has 0 radical (unpaired) electrons. The number of aromatic carboxylic acids is 1. The molecule has 1 aromatic heterocycles. The lowest BCUT2D eigenvalue weighted by atomic mass is 10.2. The highest BCUT2D eigenvalue weighted by molar-refractivity contribution is 7.99. The third-order valence-corrected chi connectivity index (χ3v) is 5.99. The summed E-state index contributed by atoms with van der Waals surface area (Å²) in [7, 11) is 4.72. The van der Waals surface area contributed by atoms with Crippen LogP contribution in [0.1, 0.15) is 9.67 Å². The first-order valence-corrected chi connectivity index (χ1v) is 8.94. The number of fused-ring (bicyclic) bond motifs is 1. The van der Waals surface area contributed by atoms with Crippen molar-refractivity contribution in [2.45, 2.75) is 9.79 Å². The standard InChI is InChI=1S/C18H16O5S2/c1-21-10-5-4-6-11(7-10)24-16-12-8-13(22-2)14(23-3)9-15(12)25-17(16)18(19)20/h4-9H,1-3H3,(H,19,20). The van der Waals surface area contributed by atoms with Gasteiger partial charge in [0.2, 0.25) is 0 Å². The molecule has 130 valence electrons. The van der Waals surface area contributed by atoms with Crippen molar-refractivity contribution in [2.75, 3.05) is 21.3 Å². The SMILES string of the molecule is COc1cccc(Sc2c(C(=O)O)sc3cc(OC)c(OC)cc23)c1. The maximum Gasteiger partial charge on any atom is 0.347 e. The third-order valence-electron chi connectivity index (χ3n) is 3.60. The van der Waals surface area contributed by atoms with Crippen LogP contribution in [0.4, 0.5) is 0 Å². The minimum Gasteiger partial charge on any atom is -0.497 e. The highest BCUT2D eigenvalue weighted by Gasteiger charge is 2.21. The van der Waals surface area contributed by atoms with E-state index < -0.39 is 5.97 Å².